The highest BCUT2D eigenvalue weighted by Gasteiger charge is 2.35. The molecule has 4 nitrogen and oxygen atoms in total. The maximum absolute atomic E-state index is 10.1. The first kappa shape index (κ1) is 18.8. The molecule has 3 rings (SSSR count). The van der Waals surface area contributed by atoms with Gasteiger partial charge in [0.15, 0.2) is 0 Å². The molecule has 1 aromatic carbocycles. The van der Waals surface area contributed by atoms with Gasteiger partial charge in [-0.05, 0) is 62.1 Å². The Balaban J connectivity index is 1.46. The Labute approximate surface area is 153 Å². The van der Waals surface area contributed by atoms with E-state index in [1.807, 2.05) is 0 Å². The first-order chi connectivity index (χ1) is 12.1. The lowest BCUT2D eigenvalue weighted by atomic mass is 9.74. The number of nitrogens with zero attached hydrogens (tertiary/aromatic N) is 1. The second-order valence-electron chi connectivity index (χ2n) is 8.67. The van der Waals surface area contributed by atoms with Crippen LogP contribution < -0.4 is 10.9 Å². The molecule has 0 aliphatic carbocycles. The fourth-order valence-corrected chi connectivity index (χ4v) is 4.48. The zero-order valence-electron chi connectivity index (χ0n) is 15.9. The van der Waals surface area contributed by atoms with E-state index < -0.39 is 0 Å². The van der Waals surface area contributed by atoms with Gasteiger partial charge >= 0.3 is 0 Å². The number of hydrogen-bond acceptors (Lipinski definition) is 4. The van der Waals surface area contributed by atoms with Crippen LogP contribution in [0, 0.1) is 11.3 Å². The molecule has 4 heteroatoms. The van der Waals surface area contributed by atoms with Crippen molar-refractivity contribution >= 4 is 0 Å². The Morgan fingerprint density at radius 1 is 1.12 bits per heavy atom. The number of nitrogens with one attached hydrogen (secondary N) is 2. The lowest BCUT2D eigenvalue weighted by Gasteiger charge is -2.41. The van der Waals surface area contributed by atoms with Crippen LogP contribution in [0.25, 0.3) is 0 Å². The van der Waals surface area contributed by atoms with Gasteiger partial charge in [0.2, 0.25) is 0 Å². The number of piperidine rings is 1. The van der Waals surface area contributed by atoms with Crippen molar-refractivity contribution in [1.29, 1.82) is 0 Å². The van der Waals surface area contributed by atoms with Crippen LogP contribution in [-0.2, 0) is 6.42 Å². The van der Waals surface area contributed by atoms with Crippen molar-refractivity contribution in [2.24, 2.45) is 11.3 Å². The molecule has 0 bridgehead atoms. The molecule has 1 aromatic rings. The van der Waals surface area contributed by atoms with Gasteiger partial charge in [0.1, 0.15) is 0 Å². The third-order valence-electron chi connectivity index (χ3n) is 5.97. The molecule has 2 saturated heterocycles. The van der Waals surface area contributed by atoms with Gasteiger partial charge in [0, 0.05) is 25.2 Å². The SMILES string of the molecule is CC(C)CC1CC(CN2CCC(CO)(Cc3ccccc3)CC2)NN1. The molecule has 0 aromatic heterocycles. The van der Waals surface area contributed by atoms with Crippen LogP contribution >= 0.6 is 0 Å². The molecule has 0 saturated carbocycles. The largest absolute Gasteiger partial charge is 0.396 e. The topological polar surface area (TPSA) is 47.5 Å². The molecule has 2 heterocycles. The Morgan fingerprint density at radius 2 is 1.80 bits per heavy atom. The van der Waals surface area contributed by atoms with E-state index in [9.17, 15) is 5.11 Å². The number of likely N-dealkylation sites (tertiary alicyclic amines) is 1. The Bertz CT molecular complexity index is 511. The van der Waals surface area contributed by atoms with Crippen LogP contribution in [0.2, 0.25) is 0 Å². The molecule has 25 heavy (non-hydrogen) atoms. The summed E-state index contributed by atoms with van der Waals surface area (Å²) in [6.07, 6.45) is 5.65. The zero-order valence-corrected chi connectivity index (χ0v) is 15.9. The molecule has 2 aliphatic rings. The smallest absolute Gasteiger partial charge is 0.0491 e. The minimum absolute atomic E-state index is 0.0688. The number of aliphatic hydroxyl groups excluding tert-OH is 1. The van der Waals surface area contributed by atoms with Crippen molar-refractivity contribution in [3.05, 3.63) is 35.9 Å². The molecule has 0 amide bonds. The Hall–Kier alpha value is -0.940. The van der Waals surface area contributed by atoms with E-state index in [0.29, 0.717) is 18.7 Å². The second-order valence-corrected chi connectivity index (χ2v) is 8.67. The van der Waals surface area contributed by atoms with Gasteiger partial charge in [0.05, 0.1) is 0 Å². The van der Waals surface area contributed by atoms with Crippen molar-refractivity contribution in [3.63, 3.8) is 0 Å². The highest BCUT2D eigenvalue weighted by atomic mass is 16.3. The average Bonchev–Trinajstić information content (AvgIpc) is 3.04. The quantitative estimate of drug-likeness (QED) is 0.711. The van der Waals surface area contributed by atoms with Gasteiger partial charge in [-0.25, -0.2) is 0 Å². The molecule has 3 N–H and O–H groups in total. The number of rotatable bonds is 7. The molecular weight excluding hydrogens is 310 g/mol. The maximum atomic E-state index is 10.1. The van der Waals surface area contributed by atoms with E-state index >= 15 is 0 Å². The minimum atomic E-state index is 0.0688. The monoisotopic (exact) mass is 345 g/mol. The maximum Gasteiger partial charge on any atom is 0.0491 e. The number of aliphatic hydroxyl groups is 1. The van der Waals surface area contributed by atoms with Gasteiger partial charge in [-0.2, -0.15) is 0 Å². The zero-order chi connectivity index (χ0) is 17.7. The predicted molar refractivity (Wildman–Crippen MR) is 103 cm³/mol. The van der Waals surface area contributed by atoms with E-state index in [-0.39, 0.29) is 5.41 Å². The van der Waals surface area contributed by atoms with Crippen LogP contribution in [-0.4, -0.2) is 48.3 Å². The third kappa shape index (κ3) is 5.27. The summed E-state index contributed by atoms with van der Waals surface area (Å²) in [5, 5.41) is 10.1. The summed E-state index contributed by atoms with van der Waals surface area (Å²) >= 11 is 0. The van der Waals surface area contributed by atoms with Gasteiger partial charge in [0.25, 0.3) is 0 Å². The summed E-state index contributed by atoms with van der Waals surface area (Å²) in [6, 6.07) is 11.8. The first-order valence-electron chi connectivity index (χ1n) is 9.97. The van der Waals surface area contributed by atoms with E-state index in [1.54, 1.807) is 0 Å². The third-order valence-corrected chi connectivity index (χ3v) is 5.97. The van der Waals surface area contributed by atoms with Crippen LogP contribution in [0.15, 0.2) is 30.3 Å². The number of hydrazine groups is 1. The lowest BCUT2D eigenvalue weighted by Crippen LogP contribution is -2.47. The van der Waals surface area contributed by atoms with Crippen molar-refractivity contribution in [2.45, 2.75) is 58.0 Å². The van der Waals surface area contributed by atoms with Gasteiger partial charge in [-0.1, -0.05) is 44.2 Å². The highest BCUT2D eigenvalue weighted by molar-refractivity contribution is 5.17. The summed E-state index contributed by atoms with van der Waals surface area (Å²) in [5.74, 6) is 0.746. The normalized spacial score (nSPS) is 27.0. The molecule has 0 spiro atoms. The average molecular weight is 346 g/mol. The summed E-state index contributed by atoms with van der Waals surface area (Å²) in [4.78, 5) is 2.58. The fourth-order valence-electron chi connectivity index (χ4n) is 4.48. The van der Waals surface area contributed by atoms with Crippen molar-refractivity contribution in [1.82, 2.24) is 15.8 Å². The van der Waals surface area contributed by atoms with Crippen LogP contribution in [0.4, 0.5) is 0 Å². The van der Waals surface area contributed by atoms with Gasteiger partial charge in [-0.15, -0.1) is 0 Å². The van der Waals surface area contributed by atoms with Crippen LogP contribution in [0.5, 0.6) is 0 Å². The molecule has 2 fully saturated rings. The first-order valence-corrected chi connectivity index (χ1v) is 9.97. The predicted octanol–water partition coefficient (Wildman–Crippen LogP) is 2.58. The van der Waals surface area contributed by atoms with Gasteiger partial charge < -0.3 is 10.0 Å². The standard InChI is InChI=1S/C21H35N3O/c1-17(2)12-19-13-20(23-22-19)15-24-10-8-21(16-25,9-11-24)14-18-6-4-3-5-7-18/h3-7,17,19-20,22-23,25H,8-16H2,1-2H3. The highest BCUT2D eigenvalue weighted by Crippen LogP contribution is 2.35. The number of hydrogen-bond donors (Lipinski definition) is 3. The Morgan fingerprint density at radius 3 is 2.44 bits per heavy atom. The molecule has 2 aliphatic heterocycles. The Kier molecular flexibility index (Phi) is 6.50. The molecule has 0 radical (unpaired) electrons. The summed E-state index contributed by atoms with van der Waals surface area (Å²) in [6.45, 7) is 8.20. The summed E-state index contributed by atoms with van der Waals surface area (Å²) < 4.78 is 0. The lowest BCUT2D eigenvalue weighted by molar-refractivity contribution is 0.0412. The van der Waals surface area contributed by atoms with E-state index in [1.165, 1.54) is 18.4 Å². The fraction of sp³-hybridized carbons (Fsp3) is 0.714. The van der Waals surface area contributed by atoms with Crippen molar-refractivity contribution < 1.29 is 5.11 Å². The molecular formula is C21H35N3O. The van der Waals surface area contributed by atoms with E-state index in [0.717, 1.165) is 44.8 Å². The van der Waals surface area contributed by atoms with E-state index in [4.69, 9.17) is 0 Å². The minimum Gasteiger partial charge on any atom is -0.396 e. The van der Waals surface area contributed by atoms with Crippen LogP contribution in [0.3, 0.4) is 0 Å². The molecule has 140 valence electrons. The van der Waals surface area contributed by atoms with Gasteiger partial charge in [-0.3, -0.25) is 10.9 Å². The summed E-state index contributed by atoms with van der Waals surface area (Å²) in [5.41, 5.74) is 8.38. The van der Waals surface area contributed by atoms with Crippen LogP contribution in [0.1, 0.15) is 45.1 Å². The van der Waals surface area contributed by atoms with Crippen molar-refractivity contribution in [3.8, 4) is 0 Å². The molecule has 2 unspecified atom stereocenters. The van der Waals surface area contributed by atoms with E-state index in [2.05, 4.69) is 59.9 Å². The van der Waals surface area contributed by atoms with Crippen molar-refractivity contribution in [2.75, 3.05) is 26.2 Å². The number of benzene rings is 1. The summed E-state index contributed by atoms with van der Waals surface area (Å²) in [7, 11) is 0. The second kappa shape index (κ2) is 8.63. The molecule has 2 atom stereocenters.